The lowest BCUT2D eigenvalue weighted by molar-refractivity contribution is -0.126. The van der Waals surface area contributed by atoms with Gasteiger partial charge in [-0.25, -0.2) is 4.39 Å². The van der Waals surface area contributed by atoms with Gasteiger partial charge in [0.1, 0.15) is 11.2 Å². The molecule has 0 aromatic heterocycles. The molecule has 1 aliphatic carbocycles. The summed E-state index contributed by atoms with van der Waals surface area (Å²) in [5.41, 5.74) is 4.95. The maximum atomic E-state index is 13.9. The van der Waals surface area contributed by atoms with Gasteiger partial charge in [0.2, 0.25) is 5.91 Å². The van der Waals surface area contributed by atoms with Gasteiger partial charge in [0.15, 0.2) is 5.84 Å². The van der Waals surface area contributed by atoms with Crippen LogP contribution < -0.4 is 10.6 Å². The highest BCUT2D eigenvalue weighted by Gasteiger charge is 2.45. The molecule has 5 nitrogen and oxygen atoms in total. The van der Waals surface area contributed by atoms with Crippen LogP contribution in [0, 0.1) is 11.2 Å². The molecule has 0 radical (unpaired) electrons. The van der Waals surface area contributed by atoms with Crippen molar-refractivity contribution in [3.05, 3.63) is 30.1 Å². The fourth-order valence-electron chi connectivity index (χ4n) is 2.98. The zero-order chi connectivity index (χ0) is 15.5. The first-order valence-electron chi connectivity index (χ1n) is 7.03. The minimum Gasteiger partial charge on any atom is -0.409 e. The topological polar surface area (TPSA) is 78.9 Å². The Hall–Kier alpha value is -2.11. The predicted molar refractivity (Wildman–Crippen MR) is 78.7 cm³/mol. The van der Waals surface area contributed by atoms with Crippen LogP contribution in [0.25, 0.3) is 0 Å². The Morgan fingerprint density at radius 2 is 1.95 bits per heavy atom. The summed E-state index contributed by atoms with van der Waals surface area (Å²) in [6.45, 7) is 0. The van der Waals surface area contributed by atoms with E-state index < -0.39 is 11.2 Å². The number of carbonyl (C=O) groups excluding carboxylic acids is 1. The number of amides is 1. The number of rotatable bonds is 3. The highest BCUT2D eigenvalue weighted by atomic mass is 19.1. The van der Waals surface area contributed by atoms with Gasteiger partial charge in [0, 0.05) is 7.05 Å². The SMILES string of the molecule is CN(C(=O)C1(C(N)=NO)CCCCC1)c1ccccc1F. The van der Waals surface area contributed by atoms with Gasteiger partial charge in [-0.15, -0.1) is 0 Å². The third kappa shape index (κ3) is 2.70. The molecule has 2 rings (SSSR count). The van der Waals surface area contributed by atoms with Gasteiger partial charge in [-0.3, -0.25) is 4.79 Å². The summed E-state index contributed by atoms with van der Waals surface area (Å²) in [5, 5.41) is 12.1. The van der Waals surface area contributed by atoms with Crippen LogP contribution in [0.2, 0.25) is 0 Å². The van der Waals surface area contributed by atoms with Crippen molar-refractivity contribution in [1.82, 2.24) is 0 Å². The predicted octanol–water partition coefficient (Wildman–Crippen LogP) is 2.49. The molecule has 1 aliphatic rings. The van der Waals surface area contributed by atoms with Crippen molar-refractivity contribution < 1.29 is 14.4 Å². The van der Waals surface area contributed by atoms with E-state index in [0.717, 1.165) is 19.3 Å². The number of para-hydroxylation sites is 1. The molecular formula is C15H20FN3O2. The molecule has 0 heterocycles. The minimum absolute atomic E-state index is 0.0876. The molecule has 0 bridgehead atoms. The fourth-order valence-corrected chi connectivity index (χ4v) is 2.98. The van der Waals surface area contributed by atoms with E-state index in [9.17, 15) is 9.18 Å². The summed E-state index contributed by atoms with van der Waals surface area (Å²) in [4.78, 5) is 14.1. The van der Waals surface area contributed by atoms with Crippen LogP contribution in [0.5, 0.6) is 0 Å². The Morgan fingerprint density at radius 1 is 1.33 bits per heavy atom. The standard InChI is InChI=1S/C15H20FN3O2/c1-19(12-8-4-3-7-11(12)16)14(20)15(13(17)18-21)9-5-2-6-10-15/h3-4,7-8,21H,2,5-6,9-10H2,1H3,(H2,17,18). The number of carbonyl (C=O) groups is 1. The second kappa shape index (κ2) is 6.11. The van der Waals surface area contributed by atoms with E-state index in [1.807, 2.05) is 0 Å². The van der Waals surface area contributed by atoms with Gasteiger partial charge >= 0.3 is 0 Å². The number of hydrogen-bond acceptors (Lipinski definition) is 3. The summed E-state index contributed by atoms with van der Waals surface area (Å²) in [6, 6.07) is 6.07. The highest BCUT2D eigenvalue weighted by Crippen LogP contribution is 2.39. The molecule has 1 fully saturated rings. The molecule has 114 valence electrons. The minimum atomic E-state index is -1.04. The maximum absolute atomic E-state index is 13.9. The average molecular weight is 293 g/mol. The van der Waals surface area contributed by atoms with Gasteiger partial charge < -0.3 is 15.8 Å². The lowest BCUT2D eigenvalue weighted by atomic mass is 9.72. The largest absolute Gasteiger partial charge is 0.409 e. The Kier molecular flexibility index (Phi) is 4.45. The van der Waals surface area contributed by atoms with Gasteiger partial charge in [-0.05, 0) is 25.0 Å². The molecule has 0 aliphatic heterocycles. The summed E-state index contributed by atoms with van der Waals surface area (Å²) >= 11 is 0. The first-order valence-corrected chi connectivity index (χ1v) is 7.03. The van der Waals surface area contributed by atoms with Crippen molar-refractivity contribution in [3.8, 4) is 0 Å². The Balaban J connectivity index is 2.37. The zero-order valence-corrected chi connectivity index (χ0v) is 12.1. The monoisotopic (exact) mass is 293 g/mol. The van der Waals surface area contributed by atoms with Crippen molar-refractivity contribution in [3.63, 3.8) is 0 Å². The molecule has 0 unspecified atom stereocenters. The van der Waals surface area contributed by atoms with Crippen molar-refractivity contribution in [2.75, 3.05) is 11.9 Å². The number of nitrogens with two attached hydrogens (primary N) is 1. The number of oxime groups is 1. The Morgan fingerprint density at radius 3 is 2.52 bits per heavy atom. The summed E-state index contributed by atoms with van der Waals surface area (Å²) in [7, 11) is 1.52. The van der Waals surface area contributed by atoms with E-state index in [0.29, 0.717) is 12.8 Å². The summed E-state index contributed by atoms with van der Waals surface area (Å²) < 4.78 is 13.9. The van der Waals surface area contributed by atoms with Gasteiger partial charge in [0.25, 0.3) is 0 Å². The number of amidine groups is 1. The fraction of sp³-hybridized carbons (Fsp3) is 0.467. The van der Waals surface area contributed by atoms with E-state index in [1.54, 1.807) is 12.1 Å². The second-order valence-electron chi connectivity index (χ2n) is 5.44. The molecule has 1 amide bonds. The Bertz CT molecular complexity index is 554. The third-order valence-electron chi connectivity index (χ3n) is 4.23. The number of anilines is 1. The molecule has 3 N–H and O–H groups in total. The molecule has 0 atom stereocenters. The van der Waals surface area contributed by atoms with E-state index >= 15 is 0 Å². The van der Waals surface area contributed by atoms with Gasteiger partial charge in [-0.1, -0.05) is 36.6 Å². The molecule has 1 saturated carbocycles. The highest BCUT2D eigenvalue weighted by molar-refractivity contribution is 6.12. The van der Waals surface area contributed by atoms with Crippen LogP contribution in [-0.4, -0.2) is 24.0 Å². The van der Waals surface area contributed by atoms with Crippen LogP contribution in [0.15, 0.2) is 29.4 Å². The number of hydrogen-bond donors (Lipinski definition) is 2. The van der Waals surface area contributed by atoms with E-state index in [-0.39, 0.29) is 17.4 Å². The molecule has 6 heteroatoms. The molecule has 0 saturated heterocycles. The third-order valence-corrected chi connectivity index (χ3v) is 4.23. The quantitative estimate of drug-likeness (QED) is 0.389. The molecule has 0 spiro atoms. The first-order chi connectivity index (χ1) is 10.0. The maximum Gasteiger partial charge on any atom is 0.240 e. The summed E-state index contributed by atoms with van der Waals surface area (Å²) in [5.74, 6) is -0.892. The van der Waals surface area contributed by atoms with Crippen molar-refractivity contribution in [2.45, 2.75) is 32.1 Å². The van der Waals surface area contributed by atoms with Gasteiger partial charge in [-0.2, -0.15) is 0 Å². The average Bonchev–Trinajstić information content (AvgIpc) is 2.53. The van der Waals surface area contributed by atoms with Crippen LogP contribution in [0.3, 0.4) is 0 Å². The van der Waals surface area contributed by atoms with E-state index in [4.69, 9.17) is 10.9 Å². The molecule has 1 aromatic rings. The smallest absolute Gasteiger partial charge is 0.240 e. The number of benzene rings is 1. The van der Waals surface area contributed by atoms with E-state index in [2.05, 4.69) is 5.16 Å². The number of halogens is 1. The lowest BCUT2D eigenvalue weighted by Crippen LogP contribution is -2.51. The molecular weight excluding hydrogens is 273 g/mol. The van der Waals surface area contributed by atoms with Crippen LogP contribution in [0.1, 0.15) is 32.1 Å². The van der Waals surface area contributed by atoms with Crippen molar-refractivity contribution in [2.24, 2.45) is 16.3 Å². The first kappa shape index (κ1) is 15.3. The number of nitrogens with zero attached hydrogens (tertiary/aromatic N) is 2. The summed E-state index contributed by atoms with van der Waals surface area (Å²) in [6.07, 6.45) is 3.69. The molecule has 21 heavy (non-hydrogen) atoms. The van der Waals surface area contributed by atoms with Gasteiger partial charge in [0.05, 0.1) is 5.69 Å². The molecule has 1 aromatic carbocycles. The lowest BCUT2D eigenvalue weighted by Gasteiger charge is -2.37. The normalized spacial score (nSPS) is 18.3. The zero-order valence-electron chi connectivity index (χ0n) is 12.1. The van der Waals surface area contributed by atoms with E-state index in [1.165, 1.54) is 24.1 Å². The van der Waals surface area contributed by atoms with Crippen LogP contribution in [-0.2, 0) is 4.79 Å². The van der Waals surface area contributed by atoms with Crippen molar-refractivity contribution in [1.29, 1.82) is 0 Å². The Labute approximate surface area is 123 Å². The van der Waals surface area contributed by atoms with Crippen LogP contribution >= 0.6 is 0 Å². The van der Waals surface area contributed by atoms with Crippen molar-refractivity contribution >= 4 is 17.4 Å². The second-order valence-corrected chi connectivity index (χ2v) is 5.44. The van der Waals surface area contributed by atoms with Crippen LogP contribution in [0.4, 0.5) is 10.1 Å².